The third-order valence-corrected chi connectivity index (χ3v) is 6.93. The summed E-state index contributed by atoms with van der Waals surface area (Å²) in [4.78, 5) is 12.7. The molecule has 1 amide bonds. The highest BCUT2D eigenvalue weighted by atomic mass is 32.2. The standard InChI is InChI=1S/C21H16N2O4S2/c24-21(22-25)20-19(14-7-3-1-4-8-14)17-13-15(11-12-18(17)28-20)23-29(26,27)16-9-5-2-6-10-16/h1-13,23,25H,(H,22,24). The van der Waals surface area contributed by atoms with E-state index in [1.54, 1.807) is 41.9 Å². The van der Waals surface area contributed by atoms with E-state index in [1.807, 2.05) is 30.3 Å². The maximum absolute atomic E-state index is 12.6. The zero-order valence-corrected chi connectivity index (χ0v) is 16.6. The number of carbonyl (C=O) groups is 1. The highest BCUT2D eigenvalue weighted by Crippen LogP contribution is 2.40. The molecule has 4 rings (SSSR count). The molecule has 0 fully saturated rings. The van der Waals surface area contributed by atoms with E-state index in [0.29, 0.717) is 21.5 Å². The van der Waals surface area contributed by atoms with E-state index in [9.17, 15) is 13.2 Å². The number of rotatable bonds is 5. The molecular formula is C21H16N2O4S2. The monoisotopic (exact) mass is 424 g/mol. The van der Waals surface area contributed by atoms with Gasteiger partial charge < -0.3 is 0 Å². The Morgan fingerprint density at radius 3 is 2.21 bits per heavy atom. The van der Waals surface area contributed by atoms with Crippen LogP contribution in [0.3, 0.4) is 0 Å². The fourth-order valence-electron chi connectivity index (χ4n) is 3.08. The molecule has 8 heteroatoms. The third-order valence-electron chi connectivity index (χ3n) is 4.36. The number of hydrogen-bond acceptors (Lipinski definition) is 5. The van der Waals surface area contributed by atoms with E-state index >= 15 is 0 Å². The molecule has 0 saturated heterocycles. The number of hydroxylamine groups is 1. The summed E-state index contributed by atoms with van der Waals surface area (Å²) in [5.41, 5.74) is 3.50. The fraction of sp³-hybridized carbons (Fsp3) is 0. The first kappa shape index (κ1) is 19.1. The lowest BCUT2D eigenvalue weighted by molar-refractivity contribution is 0.0711. The number of amides is 1. The second-order valence-corrected chi connectivity index (χ2v) is 8.98. The summed E-state index contributed by atoms with van der Waals surface area (Å²) in [6.45, 7) is 0. The summed E-state index contributed by atoms with van der Waals surface area (Å²) in [6.07, 6.45) is 0. The van der Waals surface area contributed by atoms with Crippen molar-refractivity contribution >= 4 is 43.0 Å². The van der Waals surface area contributed by atoms with Crippen molar-refractivity contribution in [2.24, 2.45) is 0 Å². The Bertz CT molecular complexity index is 1280. The highest BCUT2D eigenvalue weighted by molar-refractivity contribution is 7.92. The van der Waals surface area contributed by atoms with E-state index in [0.717, 1.165) is 10.3 Å². The molecule has 3 N–H and O–H groups in total. The number of thiophene rings is 1. The Morgan fingerprint density at radius 1 is 0.897 bits per heavy atom. The van der Waals surface area contributed by atoms with E-state index in [-0.39, 0.29) is 4.90 Å². The molecule has 0 spiro atoms. The fourth-order valence-corrected chi connectivity index (χ4v) is 5.24. The molecule has 1 heterocycles. The topological polar surface area (TPSA) is 95.5 Å². The van der Waals surface area contributed by atoms with Gasteiger partial charge in [0.1, 0.15) is 4.88 Å². The van der Waals surface area contributed by atoms with Crippen LogP contribution in [-0.2, 0) is 10.0 Å². The van der Waals surface area contributed by atoms with Gasteiger partial charge in [-0.05, 0) is 35.9 Å². The maximum atomic E-state index is 12.6. The Labute approximate surface area is 171 Å². The zero-order chi connectivity index (χ0) is 20.4. The number of anilines is 1. The highest BCUT2D eigenvalue weighted by Gasteiger charge is 2.21. The summed E-state index contributed by atoms with van der Waals surface area (Å²) in [6, 6.07) is 22.5. The van der Waals surface area contributed by atoms with Gasteiger partial charge in [-0.3, -0.25) is 14.7 Å². The summed E-state index contributed by atoms with van der Waals surface area (Å²) in [7, 11) is -3.74. The van der Waals surface area contributed by atoms with Crippen LogP contribution in [0.1, 0.15) is 9.67 Å². The number of sulfonamides is 1. The lowest BCUT2D eigenvalue weighted by atomic mass is 10.0. The molecular weight excluding hydrogens is 408 g/mol. The van der Waals surface area contributed by atoms with Crippen LogP contribution in [0.15, 0.2) is 83.8 Å². The Morgan fingerprint density at radius 2 is 1.55 bits per heavy atom. The van der Waals surface area contributed by atoms with Crippen LogP contribution in [0.5, 0.6) is 0 Å². The maximum Gasteiger partial charge on any atom is 0.285 e. The van der Waals surface area contributed by atoms with Crippen molar-refractivity contribution in [3.8, 4) is 11.1 Å². The molecule has 0 bridgehead atoms. The van der Waals surface area contributed by atoms with Crippen molar-refractivity contribution in [3.63, 3.8) is 0 Å². The van der Waals surface area contributed by atoms with Gasteiger partial charge in [0.05, 0.1) is 4.90 Å². The largest absolute Gasteiger partial charge is 0.288 e. The number of benzene rings is 3. The van der Waals surface area contributed by atoms with Gasteiger partial charge in [-0.1, -0.05) is 48.5 Å². The summed E-state index contributed by atoms with van der Waals surface area (Å²) < 4.78 is 28.7. The Kier molecular flexibility index (Phi) is 5.06. The first-order valence-electron chi connectivity index (χ1n) is 8.64. The number of fused-ring (bicyclic) bond motifs is 1. The second-order valence-electron chi connectivity index (χ2n) is 6.24. The zero-order valence-electron chi connectivity index (χ0n) is 15.0. The summed E-state index contributed by atoms with van der Waals surface area (Å²) in [5.74, 6) is -0.614. The van der Waals surface area contributed by atoms with Gasteiger partial charge in [-0.15, -0.1) is 11.3 Å². The van der Waals surface area contributed by atoms with Crippen LogP contribution >= 0.6 is 11.3 Å². The normalized spacial score (nSPS) is 11.3. The molecule has 0 radical (unpaired) electrons. The van der Waals surface area contributed by atoms with Crippen molar-refractivity contribution < 1.29 is 18.4 Å². The van der Waals surface area contributed by atoms with Crippen LogP contribution in [-0.4, -0.2) is 19.5 Å². The predicted molar refractivity (Wildman–Crippen MR) is 114 cm³/mol. The molecule has 0 aliphatic carbocycles. The van der Waals surface area contributed by atoms with E-state index < -0.39 is 15.9 Å². The van der Waals surface area contributed by atoms with Gasteiger partial charge >= 0.3 is 0 Å². The van der Waals surface area contributed by atoms with Crippen LogP contribution in [0.2, 0.25) is 0 Å². The predicted octanol–water partition coefficient (Wildman–Crippen LogP) is 4.49. The minimum Gasteiger partial charge on any atom is -0.288 e. The lowest BCUT2D eigenvalue weighted by Crippen LogP contribution is -2.17. The molecule has 0 saturated carbocycles. The van der Waals surface area contributed by atoms with Gasteiger partial charge in [0, 0.05) is 21.3 Å². The second kappa shape index (κ2) is 7.67. The number of hydrogen-bond donors (Lipinski definition) is 3. The average molecular weight is 425 g/mol. The lowest BCUT2D eigenvalue weighted by Gasteiger charge is -2.09. The first-order chi connectivity index (χ1) is 14.0. The molecule has 146 valence electrons. The number of carbonyl (C=O) groups excluding carboxylic acids is 1. The van der Waals surface area contributed by atoms with Gasteiger partial charge in [0.15, 0.2) is 0 Å². The van der Waals surface area contributed by atoms with Gasteiger partial charge in [-0.2, -0.15) is 0 Å². The molecule has 0 aliphatic rings. The van der Waals surface area contributed by atoms with Crippen LogP contribution in [0.25, 0.3) is 21.2 Å². The smallest absolute Gasteiger partial charge is 0.285 e. The first-order valence-corrected chi connectivity index (χ1v) is 10.9. The summed E-state index contributed by atoms with van der Waals surface area (Å²) in [5, 5.41) is 9.85. The Balaban J connectivity index is 1.84. The minimum atomic E-state index is -3.74. The minimum absolute atomic E-state index is 0.161. The van der Waals surface area contributed by atoms with Crippen molar-refractivity contribution in [2.75, 3.05) is 4.72 Å². The van der Waals surface area contributed by atoms with Crippen molar-refractivity contribution in [1.82, 2.24) is 5.48 Å². The van der Waals surface area contributed by atoms with Crippen molar-refractivity contribution in [2.45, 2.75) is 4.90 Å². The van der Waals surface area contributed by atoms with E-state index in [2.05, 4.69) is 4.72 Å². The summed E-state index contributed by atoms with van der Waals surface area (Å²) >= 11 is 1.23. The van der Waals surface area contributed by atoms with Gasteiger partial charge in [-0.25, -0.2) is 13.9 Å². The molecule has 0 aliphatic heterocycles. The molecule has 3 aromatic carbocycles. The molecule has 0 atom stereocenters. The van der Waals surface area contributed by atoms with Crippen molar-refractivity contribution in [1.29, 1.82) is 0 Å². The molecule has 29 heavy (non-hydrogen) atoms. The molecule has 4 aromatic rings. The average Bonchev–Trinajstić information content (AvgIpc) is 3.13. The van der Waals surface area contributed by atoms with E-state index in [1.165, 1.54) is 23.5 Å². The van der Waals surface area contributed by atoms with Crippen LogP contribution in [0.4, 0.5) is 5.69 Å². The molecule has 6 nitrogen and oxygen atoms in total. The molecule has 0 unspecified atom stereocenters. The Hall–Kier alpha value is -3.20. The van der Waals surface area contributed by atoms with Gasteiger partial charge in [0.25, 0.3) is 15.9 Å². The quantitative estimate of drug-likeness (QED) is 0.325. The van der Waals surface area contributed by atoms with Gasteiger partial charge in [0.2, 0.25) is 0 Å². The van der Waals surface area contributed by atoms with E-state index in [4.69, 9.17) is 5.21 Å². The molecule has 1 aromatic heterocycles. The third kappa shape index (κ3) is 3.73. The SMILES string of the molecule is O=C(NO)c1sc2ccc(NS(=O)(=O)c3ccccc3)cc2c1-c1ccccc1. The number of nitrogens with one attached hydrogen (secondary N) is 2. The van der Waals surface area contributed by atoms with Crippen molar-refractivity contribution in [3.05, 3.63) is 83.7 Å². The van der Waals surface area contributed by atoms with Crippen LogP contribution < -0.4 is 10.2 Å². The van der Waals surface area contributed by atoms with Crippen LogP contribution in [0, 0.1) is 0 Å².